The highest BCUT2D eigenvalue weighted by Gasteiger charge is 2.31. The van der Waals surface area contributed by atoms with Crippen molar-refractivity contribution in [2.45, 2.75) is 12.3 Å². The normalized spacial score (nSPS) is 15.8. The van der Waals surface area contributed by atoms with E-state index in [1.165, 1.54) is 19.2 Å². The number of ether oxygens (including phenoxy) is 1. The summed E-state index contributed by atoms with van der Waals surface area (Å²) in [5.41, 5.74) is 2.75. The molecular formula is C20H16FN3O3. The monoisotopic (exact) mass is 365 g/mol. The number of benzene rings is 2. The fourth-order valence-electron chi connectivity index (χ4n) is 3.25. The number of aromatic nitrogens is 2. The summed E-state index contributed by atoms with van der Waals surface area (Å²) >= 11 is 0. The van der Waals surface area contributed by atoms with Crippen LogP contribution in [0.4, 0.5) is 10.2 Å². The van der Waals surface area contributed by atoms with Gasteiger partial charge in [-0.25, -0.2) is 14.2 Å². The second-order valence-corrected chi connectivity index (χ2v) is 6.24. The van der Waals surface area contributed by atoms with Crippen LogP contribution in [0.3, 0.4) is 0 Å². The molecule has 6 nitrogen and oxygen atoms in total. The Morgan fingerprint density at radius 1 is 1.19 bits per heavy atom. The number of nitrogens with one attached hydrogen (secondary N) is 1. The number of anilines is 1. The van der Waals surface area contributed by atoms with E-state index in [0.717, 1.165) is 11.3 Å². The van der Waals surface area contributed by atoms with Crippen molar-refractivity contribution >= 4 is 17.7 Å². The fraction of sp³-hybridized carbons (Fsp3) is 0.150. The topological polar surface area (TPSA) is 73.2 Å². The van der Waals surface area contributed by atoms with E-state index < -0.39 is 5.97 Å². The molecule has 0 unspecified atom stereocenters. The number of hydrogen-bond acceptors (Lipinski definition) is 4. The Bertz CT molecular complexity index is 1010. The third-order valence-corrected chi connectivity index (χ3v) is 4.61. The standard InChI is InChI=1S/C20H16FN3O3/c1-27-20(26)13-4-2-12(3-5-13)16-10-17(25)23-19-18(16)22-11-24(19)15-8-6-14(21)7-9-15/h2-9,11,16H,10H2,1H3,(H,23,25)/t16-/m1/s1. The molecule has 1 amide bonds. The summed E-state index contributed by atoms with van der Waals surface area (Å²) in [5.74, 6) is -0.542. The van der Waals surface area contributed by atoms with Gasteiger partial charge in [0.25, 0.3) is 0 Å². The van der Waals surface area contributed by atoms with Gasteiger partial charge in [-0.1, -0.05) is 12.1 Å². The maximum atomic E-state index is 13.2. The average molecular weight is 365 g/mol. The summed E-state index contributed by atoms with van der Waals surface area (Å²) in [7, 11) is 1.33. The molecule has 27 heavy (non-hydrogen) atoms. The second kappa shape index (κ2) is 6.68. The first-order valence-electron chi connectivity index (χ1n) is 8.38. The van der Waals surface area contributed by atoms with Gasteiger partial charge in [-0.05, 0) is 42.0 Å². The van der Waals surface area contributed by atoms with Gasteiger partial charge in [0, 0.05) is 18.0 Å². The minimum absolute atomic E-state index is 0.131. The maximum Gasteiger partial charge on any atom is 0.337 e. The van der Waals surface area contributed by atoms with E-state index in [9.17, 15) is 14.0 Å². The number of amides is 1. The summed E-state index contributed by atoms with van der Waals surface area (Å²) < 4.78 is 19.6. The smallest absolute Gasteiger partial charge is 0.337 e. The number of carbonyl (C=O) groups excluding carboxylic acids is 2. The third kappa shape index (κ3) is 3.08. The molecule has 3 aromatic rings. The van der Waals surface area contributed by atoms with Gasteiger partial charge in [-0.2, -0.15) is 0 Å². The highest BCUT2D eigenvalue weighted by Crippen LogP contribution is 2.37. The first kappa shape index (κ1) is 17.0. The number of fused-ring (bicyclic) bond motifs is 1. The van der Waals surface area contributed by atoms with Crippen molar-refractivity contribution < 1.29 is 18.7 Å². The lowest BCUT2D eigenvalue weighted by atomic mass is 9.89. The van der Waals surface area contributed by atoms with Crippen LogP contribution in [0.2, 0.25) is 0 Å². The predicted molar refractivity (Wildman–Crippen MR) is 96.4 cm³/mol. The van der Waals surface area contributed by atoms with Gasteiger partial charge >= 0.3 is 5.97 Å². The SMILES string of the molecule is COC(=O)c1ccc([C@H]2CC(=O)Nc3c2ncn3-c2ccc(F)cc2)cc1. The number of rotatable bonds is 3. The summed E-state index contributed by atoms with van der Waals surface area (Å²) in [6, 6.07) is 12.9. The largest absolute Gasteiger partial charge is 0.465 e. The van der Waals surface area contributed by atoms with Crippen LogP contribution in [0.15, 0.2) is 54.9 Å². The van der Waals surface area contributed by atoms with Crippen LogP contribution in [-0.2, 0) is 9.53 Å². The van der Waals surface area contributed by atoms with E-state index in [0.29, 0.717) is 17.1 Å². The van der Waals surface area contributed by atoms with Crippen LogP contribution in [-0.4, -0.2) is 28.5 Å². The summed E-state index contributed by atoms with van der Waals surface area (Å²) in [5, 5.41) is 2.85. The molecule has 0 radical (unpaired) electrons. The van der Waals surface area contributed by atoms with Crippen molar-refractivity contribution in [3.8, 4) is 5.69 Å². The Balaban J connectivity index is 1.72. The van der Waals surface area contributed by atoms with Crippen LogP contribution in [0.5, 0.6) is 0 Å². The van der Waals surface area contributed by atoms with E-state index in [4.69, 9.17) is 4.74 Å². The highest BCUT2D eigenvalue weighted by atomic mass is 19.1. The number of imidazole rings is 1. The van der Waals surface area contributed by atoms with Crippen LogP contribution in [0.25, 0.3) is 5.69 Å². The lowest BCUT2D eigenvalue weighted by Gasteiger charge is -2.23. The zero-order valence-corrected chi connectivity index (χ0v) is 14.5. The van der Waals surface area contributed by atoms with Crippen LogP contribution >= 0.6 is 0 Å². The van der Waals surface area contributed by atoms with E-state index in [2.05, 4.69) is 10.3 Å². The molecule has 0 saturated carbocycles. The fourth-order valence-corrected chi connectivity index (χ4v) is 3.25. The minimum atomic E-state index is -0.413. The van der Waals surface area contributed by atoms with Gasteiger partial charge in [0.15, 0.2) is 0 Å². The number of halogens is 1. The molecule has 2 aromatic carbocycles. The van der Waals surface area contributed by atoms with Crippen molar-refractivity contribution in [1.82, 2.24) is 9.55 Å². The minimum Gasteiger partial charge on any atom is -0.465 e. The lowest BCUT2D eigenvalue weighted by molar-refractivity contribution is -0.116. The summed E-state index contributed by atoms with van der Waals surface area (Å²) in [4.78, 5) is 28.4. The van der Waals surface area contributed by atoms with Crippen molar-refractivity contribution in [3.05, 3.63) is 77.5 Å². The molecule has 1 N–H and O–H groups in total. The van der Waals surface area contributed by atoms with Gasteiger partial charge in [0.05, 0.1) is 18.4 Å². The number of hydrogen-bond donors (Lipinski definition) is 1. The van der Waals surface area contributed by atoms with Gasteiger partial charge < -0.3 is 10.1 Å². The van der Waals surface area contributed by atoms with E-state index in [1.54, 1.807) is 47.3 Å². The molecule has 0 bridgehead atoms. The Labute approximate surface area is 154 Å². The van der Waals surface area contributed by atoms with E-state index >= 15 is 0 Å². The van der Waals surface area contributed by atoms with Crippen molar-refractivity contribution in [3.63, 3.8) is 0 Å². The number of methoxy groups -OCH3 is 1. The Kier molecular flexibility index (Phi) is 4.19. The molecule has 0 fully saturated rings. The van der Waals surface area contributed by atoms with Crippen LogP contribution in [0.1, 0.15) is 34.0 Å². The molecule has 136 valence electrons. The number of nitrogens with zero attached hydrogens (tertiary/aromatic N) is 2. The van der Waals surface area contributed by atoms with E-state index in [1.807, 2.05) is 0 Å². The first-order valence-corrected chi connectivity index (χ1v) is 8.38. The quantitative estimate of drug-likeness (QED) is 0.723. The molecule has 1 atom stereocenters. The van der Waals surface area contributed by atoms with Crippen LogP contribution < -0.4 is 5.32 Å². The molecule has 4 rings (SSSR count). The zero-order valence-electron chi connectivity index (χ0n) is 14.5. The number of carbonyl (C=O) groups is 2. The molecule has 0 saturated heterocycles. The summed E-state index contributed by atoms with van der Waals surface area (Å²) in [6.07, 6.45) is 1.87. The molecule has 1 aliphatic heterocycles. The van der Waals surface area contributed by atoms with Gasteiger partial charge in [-0.15, -0.1) is 0 Å². The Morgan fingerprint density at radius 3 is 2.56 bits per heavy atom. The average Bonchev–Trinajstić information content (AvgIpc) is 3.11. The van der Waals surface area contributed by atoms with Crippen molar-refractivity contribution in [2.24, 2.45) is 0 Å². The van der Waals surface area contributed by atoms with Gasteiger partial charge in [0.2, 0.25) is 5.91 Å². The zero-order chi connectivity index (χ0) is 19.0. The second-order valence-electron chi connectivity index (χ2n) is 6.24. The Hall–Kier alpha value is -3.48. The molecule has 1 aliphatic rings. The Morgan fingerprint density at radius 2 is 1.89 bits per heavy atom. The lowest BCUT2D eigenvalue weighted by Crippen LogP contribution is -2.25. The third-order valence-electron chi connectivity index (χ3n) is 4.61. The van der Waals surface area contributed by atoms with Crippen molar-refractivity contribution in [2.75, 3.05) is 12.4 Å². The molecular weight excluding hydrogens is 349 g/mol. The number of esters is 1. The molecule has 0 spiro atoms. The maximum absolute atomic E-state index is 13.2. The molecule has 0 aliphatic carbocycles. The first-order chi connectivity index (χ1) is 13.1. The van der Waals surface area contributed by atoms with Gasteiger partial charge in [0.1, 0.15) is 18.0 Å². The van der Waals surface area contributed by atoms with Crippen LogP contribution in [0, 0.1) is 5.82 Å². The molecule has 1 aromatic heterocycles. The predicted octanol–water partition coefficient (Wildman–Crippen LogP) is 3.27. The molecule has 7 heteroatoms. The van der Waals surface area contributed by atoms with Gasteiger partial charge in [-0.3, -0.25) is 9.36 Å². The van der Waals surface area contributed by atoms with Crippen molar-refractivity contribution in [1.29, 1.82) is 0 Å². The van der Waals surface area contributed by atoms with E-state index in [-0.39, 0.29) is 24.1 Å². The molecule has 2 heterocycles. The highest BCUT2D eigenvalue weighted by molar-refractivity contribution is 5.94. The summed E-state index contributed by atoms with van der Waals surface area (Å²) in [6.45, 7) is 0.